The van der Waals surface area contributed by atoms with Gasteiger partial charge in [0.2, 0.25) is 0 Å². The van der Waals surface area contributed by atoms with E-state index >= 15 is 0 Å². The third-order valence-corrected chi connectivity index (χ3v) is 4.18. The fourth-order valence-electron chi connectivity index (χ4n) is 0.330. The summed E-state index contributed by atoms with van der Waals surface area (Å²) in [7, 11) is 0. The zero-order valence-electron chi connectivity index (χ0n) is 3.66. The van der Waals surface area contributed by atoms with Crippen molar-refractivity contribution in [3.63, 3.8) is 0 Å². The SMILES string of the molecule is [Bi+2][O]SC1CSC1. The second-order valence-corrected chi connectivity index (χ2v) is 5.15. The molecule has 0 saturated carbocycles. The number of hydrogen-bond donors (Lipinski definition) is 0. The molecule has 0 aromatic rings. The molecule has 1 aliphatic rings. The maximum absolute atomic E-state index is 4.96. The first kappa shape index (κ1) is 6.66. The molecule has 0 aliphatic carbocycles. The summed E-state index contributed by atoms with van der Waals surface area (Å²) in [5.74, 6) is 2.59. The van der Waals surface area contributed by atoms with Gasteiger partial charge in [-0.1, -0.05) is 0 Å². The molecule has 0 aromatic heterocycles. The zero-order valence-corrected chi connectivity index (χ0v) is 8.77. The first-order valence-corrected chi connectivity index (χ1v) is 5.36. The molecule has 0 N–H and O–H groups in total. The van der Waals surface area contributed by atoms with Gasteiger partial charge in [0, 0.05) is 0 Å². The van der Waals surface area contributed by atoms with E-state index in [0.29, 0.717) is 0 Å². The van der Waals surface area contributed by atoms with Gasteiger partial charge in [0.05, 0.1) is 0 Å². The predicted molar refractivity (Wildman–Crippen MR) is 35.5 cm³/mol. The Labute approximate surface area is 67.6 Å². The van der Waals surface area contributed by atoms with Gasteiger partial charge in [-0.05, 0) is 0 Å². The second kappa shape index (κ2) is 3.55. The van der Waals surface area contributed by atoms with Gasteiger partial charge in [0.1, 0.15) is 0 Å². The molecule has 1 fully saturated rings. The Kier molecular flexibility index (Phi) is 3.37. The molecule has 1 aliphatic heterocycles. The third-order valence-electron chi connectivity index (χ3n) is 0.787. The molecule has 7 heavy (non-hydrogen) atoms. The molecule has 0 atom stereocenters. The van der Waals surface area contributed by atoms with Crippen LogP contribution in [-0.4, -0.2) is 41.9 Å². The van der Waals surface area contributed by atoms with E-state index in [9.17, 15) is 0 Å². The first-order valence-electron chi connectivity index (χ1n) is 1.98. The summed E-state index contributed by atoms with van der Waals surface area (Å²) in [6.45, 7) is 0. The van der Waals surface area contributed by atoms with Crippen molar-refractivity contribution in [3.05, 3.63) is 0 Å². The van der Waals surface area contributed by atoms with E-state index in [2.05, 4.69) is 0 Å². The molecule has 1 saturated heterocycles. The molecule has 0 spiro atoms. The van der Waals surface area contributed by atoms with Crippen molar-refractivity contribution in [1.82, 2.24) is 0 Å². The van der Waals surface area contributed by atoms with Crippen LogP contribution in [0.4, 0.5) is 0 Å². The van der Waals surface area contributed by atoms with Gasteiger partial charge in [-0.2, -0.15) is 0 Å². The summed E-state index contributed by atoms with van der Waals surface area (Å²) in [6, 6.07) is 0. The van der Waals surface area contributed by atoms with E-state index in [1.165, 1.54) is 11.5 Å². The van der Waals surface area contributed by atoms with Gasteiger partial charge in [-0.25, -0.2) is 0 Å². The Morgan fingerprint density at radius 3 is 2.57 bits per heavy atom. The van der Waals surface area contributed by atoms with Crippen LogP contribution in [0.2, 0.25) is 0 Å². The maximum atomic E-state index is 4.96. The summed E-state index contributed by atoms with van der Waals surface area (Å²) < 4.78 is 4.96. The Balaban J connectivity index is 1.93. The molecule has 1 rings (SSSR count). The van der Waals surface area contributed by atoms with Crippen LogP contribution in [-0.2, 0) is 2.26 Å². The van der Waals surface area contributed by atoms with Gasteiger partial charge < -0.3 is 0 Å². The van der Waals surface area contributed by atoms with Gasteiger partial charge >= 0.3 is 68.0 Å². The Bertz CT molecular complexity index is 56.9. The Morgan fingerprint density at radius 2 is 2.43 bits per heavy atom. The molecule has 1 nitrogen and oxygen atoms in total. The van der Waals surface area contributed by atoms with Crippen LogP contribution in [0.25, 0.3) is 0 Å². The fraction of sp³-hybridized carbons (Fsp3) is 1.00. The third kappa shape index (κ3) is 2.09. The number of thioether (sulfide) groups is 1. The van der Waals surface area contributed by atoms with Gasteiger partial charge in [-0.15, -0.1) is 0 Å². The van der Waals surface area contributed by atoms with E-state index in [1.807, 2.05) is 11.8 Å². The van der Waals surface area contributed by atoms with Crippen molar-refractivity contribution in [1.29, 1.82) is 0 Å². The van der Waals surface area contributed by atoms with Crippen molar-refractivity contribution >= 4 is 49.0 Å². The van der Waals surface area contributed by atoms with Crippen LogP contribution in [0.3, 0.4) is 0 Å². The molecule has 4 heteroatoms. The molecular formula is C3H5BiOS2+2. The number of rotatable bonds is 2. The van der Waals surface area contributed by atoms with Crippen LogP contribution >= 0.6 is 23.8 Å². The Morgan fingerprint density at radius 1 is 1.71 bits per heavy atom. The fourth-order valence-corrected chi connectivity index (χ4v) is 3.32. The predicted octanol–water partition coefficient (Wildman–Crippen LogP) is 0.850. The van der Waals surface area contributed by atoms with Crippen LogP contribution < -0.4 is 0 Å². The molecule has 0 unspecified atom stereocenters. The van der Waals surface area contributed by atoms with Gasteiger partial charge in [0.15, 0.2) is 0 Å². The van der Waals surface area contributed by atoms with Crippen LogP contribution in [0.1, 0.15) is 0 Å². The van der Waals surface area contributed by atoms with E-state index in [1.54, 1.807) is 12.0 Å². The average Bonchev–Trinajstić information content (AvgIpc) is 1.55. The van der Waals surface area contributed by atoms with E-state index in [0.717, 1.165) is 30.4 Å². The average molecular weight is 330 g/mol. The topological polar surface area (TPSA) is 9.23 Å². The molecule has 2 radical (unpaired) electrons. The first-order chi connectivity index (χ1) is 3.43. The van der Waals surface area contributed by atoms with Crippen LogP contribution in [0, 0.1) is 0 Å². The Hall–Kier alpha value is 1.54. The summed E-state index contributed by atoms with van der Waals surface area (Å²) in [4.78, 5) is 0. The molecule has 0 bridgehead atoms. The summed E-state index contributed by atoms with van der Waals surface area (Å²) >= 11 is 4.69. The molecular weight excluding hydrogens is 325 g/mol. The summed E-state index contributed by atoms with van der Waals surface area (Å²) in [6.07, 6.45) is 0. The van der Waals surface area contributed by atoms with Crippen molar-refractivity contribution in [2.75, 3.05) is 11.5 Å². The van der Waals surface area contributed by atoms with Gasteiger partial charge in [-0.3, -0.25) is 0 Å². The minimum atomic E-state index is 0.815. The summed E-state index contributed by atoms with van der Waals surface area (Å²) in [5.41, 5.74) is 0. The van der Waals surface area contributed by atoms with Crippen molar-refractivity contribution in [3.8, 4) is 0 Å². The van der Waals surface area contributed by atoms with Crippen molar-refractivity contribution < 1.29 is 2.26 Å². The number of hydrogen-bond acceptors (Lipinski definition) is 3. The van der Waals surface area contributed by atoms with Gasteiger partial charge in [0.25, 0.3) is 0 Å². The monoisotopic (exact) mass is 330 g/mol. The molecule has 0 amide bonds. The van der Waals surface area contributed by atoms with E-state index < -0.39 is 0 Å². The zero-order chi connectivity index (χ0) is 5.11. The standard InChI is InChI=1S/C3H6OS2.Bi/c4-6-3-1-5-2-3;/h3-4H,1-2H2;/q;+3/p-1. The summed E-state index contributed by atoms with van der Waals surface area (Å²) in [5, 5.41) is 0.815. The van der Waals surface area contributed by atoms with Crippen LogP contribution in [0.5, 0.6) is 0 Å². The van der Waals surface area contributed by atoms with E-state index in [4.69, 9.17) is 2.26 Å². The molecule has 0 aromatic carbocycles. The van der Waals surface area contributed by atoms with Crippen molar-refractivity contribution in [2.24, 2.45) is 0 Å². The van der Waals surface area contributed by atoms with Crippen LogP contribution in [0.15, 0.2) is 0 Å². The quantitative estimate of drug-likeness (QED) is 0.549. The van der Waals surface area contributed by atoms with Crippen molar-refractivity contribution in [2.45, 2.75) is 5.25 Å². The normalized spacial score (nSPS) is 21.7. The molecule has 1 heterocycles. The second-order valence-electron chi connectivity index (χ2n) is 1.33. The molecule has 38 valence electrons. The minimum absolute atomic E-state index is 0.815. The van der Waals surface area contributed by atoms with E-state index in [-0.39, 0.29) is 0 Å².